The molecule has 0 spiro atoms. The Hall–Kier alpha value is 0.240. The van der Waals surface area contributed by atoms with Crippen LogP contribution in [0.5, 0.6) is 0 Å². The molecule has 0 aliphatic carbocycles. The highest BCUT2D eigenvalue weighted by Gasteiger charge is 2.03. The number of nitrogens with one attached hydrogen (secondary N) is 1. The van der Waals surface area contributed by atoms with Gasteiger partial charge in [0.2, 0.25) is 0 Å². The van der Waals surface area contributed by atoms with Crippen molar-refractivity contribution in [2.24, 2.45) is 0 Å². The van der Waals surface area contributed by atoms with Crippen LogP contribution in [0.3, 0.4) is 0 Å². The average molecular weight is 297 g/mol. The van der Waals surface area contributed by atoms with Gasteiger partial charge in [-0.15, -0.1) is 0 Å². The third-order valence-electron chi connectivity index (χ3n) is 1.88. The van der Waals surface area contributed by atoms with Crippen LogP contribution in [0.15, 0.2) is 18.2 Å². The Labute approximate surface area is 103 Å². The second-order valence-corrected chi connectivity index (χ2v) is 4.66. The van der Waals surface area contributed by atoms with E-state index in [1.54, 1.807) is 6.07 Å². The third kappa shape index (κ3) is 3.77. The SMILES string of the molecule is CC(CBr)NCc1cc(Cl)ccc1Cl. The smallest absolute Gasteiger partial charge is 0.0451 e. The van der Waals surface area contributed by atoms with Crippen LogP contribution >= 0.6 is 39.1 Å². The van der Waals surface area contributed by atoms with Crippen molar-refractivity contribution in [1.82, 2.24) is 5.32 Å². The van der Waals surface area contributed by atoms with Crippen molar-refractivity contribution >= 4 is 39.1 Å². The van der Waals surface area contributed by atoms with E-state index in [9.17, 15) is 0 Å². The van der Waals surface area contributed by atoms with Gasteiger partial charge in [-0.1, -0.05) is 39.1 Å². The summed E-state index contributed by atoms with van der Waals surface area (Å²) in [5.41, 5.74) is 1.03. The standard InChI is InChI=1S/C10H12BrCl2N/c1-7(5-11)14-6-8-4-9(12)2-3-10(8)13/h2-4,7,14H,5-6H2,1H3. The molecule has 1 rings (SSSR count). The normalized spacial score (nSPS) is 12.9. The molecule has 4 heteroatoms. The Bertz CT molecular complexity index is 304. The predicted octanol–water partition coefficient (Wildman–Crippen LogP) is 3.87. The molecule has 0 aliphatic heterocycles. The lowest BCUT2D eigenvalue weighted by molar-refractivity contribution is 0.598. The Morgan fingerprint density at radius 2 is 2.14 bits per heavy atom. The highest BCUT2D eigenvalue weighted by Crippen LogP contribution is 2.20. The Morgan fingerprint density at radius 1 is 1.43 bits per heavy atom. The van der Waals surface area contributed by atoms with Gasteiger partial charge in [0.15, 0.2) is 0 Å². The van der Waals surface area contributed by atoms with Crippen molar-refractivity contribution in [2.45, 2.75) is 19.5 Å². The number of hydrogen-bond acceptors (Lipinski definition) is 1. The molecule has 0 bridgehead atoms. The molecule has 0 saturated heterocycles. The zero-order valence-corrected chi connectivity index (χ0v) is 11.0. The zero-order valence-electron chi connectivity index (χ0n) is 7.86. The molecule has 0 fully saturated rings. The number of halogens is 3. The molecule has 1 atom stereocenters. The molecule has 1 aromatic carbocycles. The van der Waals surface area contributed by atoms with Crippen LogP contribution in [-0.4, -0.2) is 11.4 Å². The first-order valence-electron chi connectivity index (χ1n) is 4.36. The van der Waals surface area contributed by atoms with Gasteiger partial charge >= 0.3 is 0 Å². The molecule has 0 aromatic heterocycles. The second-order valence-electron chi connectivity index (χ2n) is 3.17. The van der Waals surface area contributed by atoms with E-state index in [4.69, 9.17) is 23.2 Å². The third-order valence-corrected chi connectivity index (χ3v) is 3.46. The minimum Gasteiger partial charge on any atom is -0.309 e. The molecule has 0 heterocycles. The summed E-state index contributed by atoms with van der Waals surface area (Å²) in [5.74, 6) is 0. The van der Waals surface area contributed by atoms with E-state index < -0.39 is 0 Å². The molecule has 0 radical (unpaired) electrons. The highest BCUT2D eigenvalue weighted by atomic mass is 79.9. The van der Waals surface area contributed by atoms with Crippen LogP contribution < -0.4 is 5.32 Å². The Kier molecular flexibility index (Phi) is 5.24. The highest BCUT2D eigenvalue weighted by molar-refractivity contribution is 9.09. The van der Waals surface area contributed by atoms with Gasteiger partial charge < -0.3 is 5.32 Å². The van der Waals surface area contributed by atoms with E-state index >= 15 is 0 Å². The summed E-state index contributed by atoms with van der Waals surface area (Å²) in [5, 5.41) is 5.72. The molecule has 78 valence electrons. The van der Waals surface area contributed by atoms with Crippen molar-refractivity contribution in [3.8, 4) is 0 Å². The summed E-state index contributed by atoms with van der Waals surface area (Å²) in [7, 11) is 0. The molecule has 0 aliphatic rings. The fourth-order valence-corrected chi connectivity index (χ4v) is 1.63. The minimum absolute atomic E-state index is 0.421. The number of benzene rings is 1. The lowest BCUT2D eigenvalue weighted by Gasteiger charge is -2.11. The maximum atomic E-state index is 6.01. The number of alkyl halides is 1. The minimum atomic E-state index is 0.421. The molecule has 1 aromatic rings. The van der Waals surface area contributed by atoms with E-state index in [1.165, 1.54) is 0 Å². The fourth-order valence-electron chi connectivity index (χ4n) is 1.02. The first-order valence-corrected chi connectivity index (χ1v) is 6.24. The van der Waals surface area contributed by atoms with Gasteiger partial charge in [-0.2, -0.15) is 0 Å². The largest absolute Gasteiger partial charge is 0.309 e. The Balaban J connectivity index is 2.62. The van der Waals surface area contributed by atoms with Crippen molar-refractivity contribution in [3.63, 3.8) is 0 Å². The van der Waals surface area contributed by atoms with Crippen LogP contribution in [0.2, 0.25) is 10.0 Å². The lowest BCUT2D eigenvalue weighted by Crippen LogP contribution is -2.26. The molecule has 1 unspecified atom stereocenters. The van der Waals surface area contributed by atoms with E-state index in [-0.39, 0.29) is 0 Å². The second kappa shape index (κ2) is 5.96. The zero-order chi connectivity index (χ0) is 10.6. The summed E-state index contributed by atoms with van der Waals surface area (Å²) < 4.78 is 0. The number of rotatable bonds is 4. The summed E-state index contributed by atoms with van der Waals surface area (Å²) >= 11 is 15.3. The van der Waals surface area contributed by atoms with Crippen LogP contribution in [0.25, 0.3) is 0 Å². The van der Waals surface area contributed by atoms with Gasteiger partial charge in [0, 0.05) is 28.0 Å². The summed E-state index contributed by atoms with van der Waals surface area (Å²) in [4.78, 5) is 0. The van der Waals surface area contributed by atoms with E-state index in [0.717, 1.165) is 27.5 Å². The molecule has 1 nitrogen and oxygen atoms in total. The molecule has 0 amide bonds. The molecule has 0 saturated carbocycles. The lowest BCUT2D eigenvalue weighted by atomic mass is 10.2. The van der Waals surface area contributed by atoms with Gasteiger partial charge in [0.05, 0.1) is 0 Å². The van der Waals surface area contributed by atoms with Gasteiger partial charge in [-0.25, -0.2) is 0 Å². The Morgan fingerprint density at radius 3 is 2.79 bits per heavy atom. The van der Waals surface area contributed by atoms with Gasteiger partial charge in [-0.3, -0.25) is 0 Å². The summed E-state index contributed by atoms with van der Waals surface area (Å²) in [6.07, 6.45) is 0. The monoisotopic (exact) mass is 295 g/mol. The molecule has 1 N–H and O–H groups in total. The molecular formula is C10H12BrCl2N. The van der Waals surface area contributed by atoms with Crippen LogP contribution in [0.4, 0.5) is 0 Å². The first-order chi connectivity index (χ1) is 6.63. The van der Waals surface area contributed by atoms with Crippen molar-refractivity contribution in [1.29, 1.82) is 0 Å². The summed E-state index contributed by atoms with van der Waals surface area (Å²) in [6, 6.07) is 5.92. The fraction of sp³-hybridized carbons (Fsp3) is 0.400. The van der Waals surface area contributed by atoms with Crippen molar-refractivity contribution in [3.05, 3.63) is 33.8 Å². The predicted molar refractivity (Wildman–Crippen MR) is 66.6 cm³/mol. The maximum absolute atomic E-state index is 6.01. The van der Waals surface area contributed by atoms with Crippen LogP contribution in [-0.2, 0) is 6.54 Å². The maximum Gasteiger partial charge on any atom is 0.0451 e. The van der Waals surface area contributed by atoms with Gasteiger partial charge in [0.1, 0.15) is 0 Å². The van der Waals surface area contributed by atoms with E-state index in [1.807, 2.05) is 12.1 Å². The first kappa shape index (κ1) is 12.3. The van der Waals surface area contributed by atoms with Crippen molar-refractivity contribution < 1.29 is 0 Å². The molecule has 14 heavy (non-hydrogen) atoms. The molecular weight excluding hydrogens is 285 g/mol. The number of hydrogen-bond donors (Lipinski definition) is 1. The van der Waals surface area contributed by atoms with Crippen molar-refractivity contribution in [2.75, 3.05) is 5.33 Å². The topological polar surface area (TPSA) is 12.0 Å². The van der Waals surface area contributed by atoms with Crippen LogP contribution in [0.1, 0.15) is 12.5 Å². The van der Waals surface area contributed by atoms with E-state index in [2.05, 4.69) is 28.2 Å². The van der Waals surface area contributed by atoms with Gasteiger partial charge in [-0.05, 0) is 30.7 Å². The van der Waals surface area contributed by atoms with E-state index in [0.29, 0.717) is 6.04 Å². The van der Waals surface area contributed by atoms with Crippen LogP contribution in [0, 0.1) is 0 Å². The quantitative estimate of drug-likeness (QED) is 0.832. The average Bonchev–Trinajstić information content (AvgIpc) is 2.19. The van der Waals surface area contributed by atoms with Gasteiger partial charge in [0.25, 0.3) is 0 Å². The summed E-state index contributed by atoms with van der Waals surface area (Å²) in [6.45, 7) is 2.85.